The molecule has 124 valence electrons. The van der Waals surface area contributed by atoms with Gasteiger partial charge in [-0.15, -0.1) is 0 Å². The number of hydrogen-bond acceptors (Lipinski definition) is 5. The van der Waals surface area contributed by atoms with Crippen LogP contribution in [0.2, 0.25) is 0 Å². The lowest BCUT2D eigenvalue weighted by Crippen LogP contribution is -2.33. The molecule has 0 aliphatic carbocycles. The summed E-state index contributed by atoms with van der Waals surface area (Å²) in [5, 5.41) is 1.32. The Labute approximate surface area is 142 Å². The fraction of sp³-hybridized carbons (Fsp3) is 0.105. The van der Waals surface area contributed by atoms with E-state index in [0.29, 0.717) is 22.0 Å². The largest absolute Gasteiger partial charge is 0.461 e. The third kappa shape index (κ3) is 2.39. The van der Waals surface area contributed by atoms with E-state index in [0.717, 1.165) is 5.39 Å². The summed E-state index contributed by atoms with van der Waals surface area (Å²) in [5.74, 6) is -1.38. The number of nitrogens with zero attached hydrogens (tertiary/aromatic N) is 1. The summed E-state index contributed by atoms with van der Waals surface area (Å²) in [5.41, 5.74) is 1.80. The number of benzene rings is 2. The molecule has 3 aromatic rings. The molecule has 0 radical (unpaired) electrons. The molecule has 0 saturated carbocycles. The van der Waals surface area contributed by atoms with Crippen molar-refractivity contribution in [1.82, 2.24) is 5.06 Å². The number of rotatable bonds is 3. The summed E-state index contributed by atoms with van der Waals surface area (Å²) in [7, 11) is 0. The van der Waals surface area contributed by atoms with E-state index in [2.05, 4.69) is 0 Å². The van der Waals surface area contributed by atoms with Crippen LogP contribution >= 0.6 is 0 Å². The minimum atomic E-state index is -0.704. The second-order valence-electron chi connectivity index (χ2n) is 5.72. The van der Waals surface area contributed by atoms with Crippen LogP contribution in [0.1, 0.15) is 32.0 Å². The number of carbonyl (C=O) groups is 3. The second kappa shape index (κ2) is 5.59. The number of amides is 2. The van der Waals surface area contributed by atoms with E-state index in [1.807, 2.05) is 18.2 Å². The SMILES string of the molecule is Cc1oc2ccccc2c1CC(=O)ON1C(=O)c2ccccc2C1=O. The molecule has 2 heterocycles. The molecule has 0 N–H and O–H groups in total. The van der Waals surface area contributed by atoms with Crippen molar-refractivity contribution in [1.29, 1.82) is 0 Å². The van der Waals surface area contributed by atoms with Crippen molar-refractivity contribution in [2.75, 3.05) is 0 Å². The summed E-state index contributed by atoms with van der Waals surface area (Å²) in [6.45, 7) is 1.75. The van der Waals surface area contributed by atoms with E-state index in [9.17, 15) is 14.4 Å². The zero-order chi connectivity index (χ0) is 17.6. The average molecular weight is 335 g/mol. The van der Waals surface area contributed by atoms with Crippen LogP contribution in [0.3, 0.4) is 0 Å². The Morgan fingerprint density at radius 3 is 2.28 bits per heavy atom. The Morgan fingerprint density at radius 2 is 1.60 bits per heavy atom. The molecule has 6 nitrogen and oxygen atoms in total. The first-order valence-electron chi connectivity index (χ1n) is 7.72. The van der Waals surface area contributed by atoms with Gasteiger partial charge >= 0.3 is 5.97 Å². The summed E-state index contributed by atoms with van der Waals surface area (Å²) >= 11 is 0. The van der Waals surface area contributed by atoms with Crippen molar-refractivity contribution in [2.45, 2.75) is 13.3 Å². The van der Waals surface area contributed by atoms with Crippen molar-refractivity contribution >= 4 is 28.8 Å². The van der Waals surface area contributed by atoms with Crippen LogP contribution in [0.4, 0.5) is 0 Å². The minimum absolute atomic E-state index is 0.101. The molecule has 1 aliphatic heterocycles. The summed E-state index contributed by atoms with van der Waals surface area (Å²) in [4.78, 5) is 41.8. The van der Waals surface area contributed by atoms with Gasteiger partial charge in [0, 0.05) is 10.9 Å². The minimum Gasteiger partial charge on any atom is -0.461 e. The first kappa shape index (κ1) is 15.1. The molecule has 0 saturated heterocycles. The maximum absolute atomic E-state index is 12.3. The van der Waals surface area contributed by atoms with Crippen LogP contribution in [-0.2, 0) is 16.1 Å². The fourth-order valence-corrected chi connectivity index (χ4v) is 2.97. The highest BCUT2D eigenvalue weighted by Gasteiger charge is 2.38. The van der Waals surface area contributed by atoms with Gasteiger partial charge in [-0.1, -0.05) is 35.4 Å². The van der Waals surface area contributed by atoms with Gasteiger partial charge in [0.25, 0.3) is 11.8 Å². The molecule has 0 spiro atoms. The molecule has 0 atom stereocenters. The maximum atomic E-state index is 12.3. The van der Waals surface area contributed by atoms with E-state index in [4.69, 9.17) is 9.25 Å². The molecule has 0 unspecified atom stereocenters. The monoisotopic (exact) mass is 335 g/mol. The predicted molar refractivity (Wildman–Crippen MR) is 87.7 cm³/mol. The lowest BCUT2D eigenvalue weighted by Gasteiger charge is -2.12. The Morgan fingerprint density at radius 1 is 1.00 bits per heavy atom. The van der Waals surface area contributed by atoms with E-state index in [-0.39, 0.29) is 17.5 Å². The van der Waals surface area contributed by atoms with Gasteiger partial charge in [0.2, 0.25) is 0 Å². The van der Waals surface area contributed by atoms with Crippen molar-refractivity contribution < 1.29 is 23.6 Å². The number of carbonyl (C=O) groups excluding carboxylic acids is 3. The molecule has 0 fully saturated rings. The fourth-order valence-electron chi connectivity index (χ4n) is 2.97. The van der Waals surface area contributed by atoms with Crippen LogP contribution in [0, 0.1) is 6.92 Å². The molecule has 2 amide bonds. The number of hydrogen-bond donors (Lipinski definition) is 0. The maximum Gasteiger partial charge on any atom is 0.337 e. The number of furan rings is 1. The van der Waals surface area contributed by atoms with Gasteiger partial charge in [0.05, 0.1) is 17.5 Å². The van der Waals surface area contributed by atoms with Gasteiger partial charge < -0.3 is 9.25 Å². The van der Waals surface area contributed by atoms with E-state index in [1.54, 1.807) is 25.1 Å². The number of fused-ring (bicyclic) bond motifs is 2. The number of para-hydroxylation sites is 1. The van der Waals surface area contributed by atoms with Crippen LogP contribution < -0.4 is 0 Å². The van der Waals surface area contributed by atoms with Crippen LogP contribution in [0.5, 0.6) is 0 Å². The quantitative estimate of drug-likeness (QED) is 0.688. The number of aryl methyl sites for hydroxylation is 1. The van der Waals surface area contributed by atoms with Crippen molar-refractivity contribution in [2.24, 2.45) is 0 Å². The van der Waals surface area contributed by atoms with Crippen LogP contribution in [-0.4, -0.2) is 22.8 Å². The van der Waals surface area contributed by atoms with Gasteiger partial charge in [-0.2, -0.15) is 0 Å². The smallest absolute Gasteiger partial charge is 0.337 e. The van der Waals surface area contributed by atoms with Gasteiger partial charge in [-0.25, -0.2) is 4.79 Å². The normalized spacial score (nSPS) is 13.4. The second-order valence-corrected chi connectivity index (χ2v) is 5.72. The van der Waals surface area contributed by atoms with Gasteiger partial charge in [0.1, 0.15) is 11.3 Å². The standard InChI is InChI=1S/C19H13NO5/c1-11-15(12-6-4-5-9-16(12)24-11)10-17(21)25-20-18(22)13-7-2-3-8-14(13)19(20)23/h2-9H,10H2,1H3. The molecular weight excluding hydrogens is 322 g/mol. The third-order valence-corrected chi connectivity index (χ3v) is 4.17. The molecule has 1 aliphatic rings. The summed E-state index contributed by atoms with van der Waals surface area (Å²) in [6.07, 6.45) is -0.101. The van der Waals surface area contributed by atoms with Crippen LogP contribution in [0.15, 0.2) is 52.9 Å². The predicted octanol–water partition coefficient (Wildman–Crippen LogP) is 3.04. The molecule has 1 aromatic heterocycles. The summed E-state index contributed by atoms with van der Waals surface area (Å²) in [6, 6.07) is 13.7. The Kier molecular flexibility index (Phi) is 3.39. The Bertz CT molecular complexity index is 998. The van der Waals surface area contributed by atoms with Gasteiger partial charge in [0.15, 0.2) is 0 Å². The molecule has 2 aromatic carbocycles. The van der Waals surface area contributed by atoms with E-state index >= 15 is 0 Å². The Hall–Kier alpha value is -3.41. The van der Waals surface area contributed by atoms with Crippen LogP contribution in [0.25, 0.3) is 11.0 Å². The lowest BCUT2D eigenvalue weighted by molar-refractivity contribution is -0.167. The Balaban J connectivity index is 1.56. The highest BCUT2D eigenvalue weighted by Crippen LogP contribution is 2.27. The lowest BCUT2D eigenvalue weighted by atomic mass is 10.1. The van der Waals surface area contributed by atoms with Crippen molar-refractivity contribution in [3.63, 3.8) is 0 Å². The molecule has 25 heavy (non-hydrogen) atoms. The summed E-state index contributed by atoms with van der Waals surface area (Å²) < 4.78 is 5.61. The third-order valence-electron chi connectivity index (χ3n) is 4.17. The molecule has 6 heteroatoms. The average Bonchev–Trinajstić information content (AvgIpc) is 3.05. The molecular formula is C19H13NO5. The van der Waals surface area contributed by atoms with E-state index < -0.39 is 17.8 Å². The highest BCUT2D eigenvalue weighted by atomic mass is 16.7. The molecule has 4 rings (SSSR count). The topological polar surface area (TPSA) is 76.8 Å². The first-order chi connectivity index (χ1) is 12.1. The van der Waals surface area contributed by atoms with Gasteiger partial charge in [-0.3, -0.25) is 9.59 Å². The van der Waals surface area contributed by atoms with Gasteiger partial charge in [-0.05, 0) is 25.1 Å². The van der Waals surface area contributed by atoms with Crippen molar-refractivity contribution in [3.05, 3.63) is 71.0 Å². The first-order valence-corrected chi connectivity index (χ1v) is 7.72. The zero-order valence-electron chi connectivity index (χ0n) is 13.3. The molecule has 0 bridgehead atoms. The van der Waals surface area contributed by atoms with Crippen molar-refractivity contribution in [3.8, 4) is 0 Å². The number of hydroxylamine groups is 2. The zero-order valence-corrected chi connectivity index (χ0v) is 13.3. The highest BCUT2D eigenvalue weighted by molar-refractivity contribution is 6.20. The number of imide groups is 1. The van der Waals surface area contributed by atoms with E-state index in [1.165, 1.54) is 12.1 Å².